The standard InChI is InChI=1S/C20H20N4/c21-20(18-7-4-8-19(13-18)24-22)23-14-15-9-11-17(12-10-15)16-5-2-1-3-6-16/h1-13,24H,14,22H2,(H2,21,23). The molecule has 3 aromatic rings. The van der Waals surface area contributed by atoms with Gasteiger partial charge in [0.25, 0.3) is 0 Å². The first-order valence-electron chi connectivity index (χ1n) is 7.80. The summed E-state index contributed by atoms with van der Waals surface area (Å²) in [5.41, 5.74) is 7.70. The van der Waals surface area contributed by atoms with E-state index < -0.39 is 0 Å². The van der Waals surface area contributed by atoms with E-state index in [-0.39, 0.29) is 0 Å². The first kappa shape index (κ1) is 15.8. The van der Waals surface area contributed by atoms with Crippen LogP contribution in [0.15, 0.2) is 78.9 Å². The Kier molecular flexibility index (Phi) is 4.89. The van der Waals surface area contributed by atoms with Crippen LogP contribution in [0.3, 0.4) is 0 Å². The van der Waals surface area contributed by atoms with Crippen molar-refractivity contribution in [1.29, 1.82) is 5.41 Å². The maximum atomic E-state index is 8.15. The second-order valence-corrected chi connectivity index (χ2v) is 5.52. The van der Waals surface area contributed by atoms with Crippen molar-refractivity contribution in [2.75, 3.05) is 5.43 Å². The number of nitrogen functional groups attached to an aromatic ring is 1. The van der Waals surface area contributed by atoms with E-state index in [2.05, 4.69) is 47.1 Å². The molecule has 3 rings (SSSR count). The van der Waals surface area contributed by atoms with Gasteiger partial charge < -0.3 is 10.7 Å². The van der Waals surface area contributed by atoms with Gasteiger partial charge in [0, 0.05) is 17.8 Å². The minimum Gasteiger partial charge on any atom is -0.366 e. The van der Waals surface area contributed by atoms with Crippen molar-refractivity contribution < 1.29 is 0 Å². The van der Waals surface area contributed by atoms with Crippen molar-refractivity contribution >= 4 is 11.5 Å². The number of rotatable bonds is 5. The van der Waals surface area contributed by atoms with E-state index in [9.17, 15) is 0 Å². The van der Waals surface area contributed by atoms with E-state index in [1.165, 1.54) is 11.1 Å². The first-order chi connectivity index (χ1) is 11.8. The number of hydrogen-bond donors (Lipinski definition) is 4. The molecule has 0 radical (unpaired) electrons. The molecule has 0 heterocycles. The number of hydrogen-bond acceptors (Lipinski definition) is 3. The highest BCUT2D eigenvalue weighted by atomic mass is 15.2. The topological polar surface area (TPSA) is 73.9 Å². The Morgan fingerprint density at radius 3 is 2.25 bits per heavy atom. The van der Waals surface area contributed by atoms with E-state index in [0.717, 1.165) is 16.8 Å². The van der Waals surface area contributed by atoms with Gasteiger partial charge in [-0.3, -0.25) is 11.3 Å². The van der Waals surface area contributed by atoms with Gasteiger partial charge in [-0.15, -0.1) is 0 Å². The van der Waals surface area contributed by atoms with Crippen LogP contribution in [0.25, 0.3) is 11.1 Å². The van der Waals surface area contributed by atoms with Gasteiger partial charge in [0.05, 0.1) is 0 Å². The van der Waals surface area contributed by atoms with Crippen LogP contribution in [0.2, 0.25) is 0 Å². The van der Waals surface area contributed by atoms with Gasteiger partial charge >= 0.3 is 0 Å². The summed E-state index contributed by atoms with van der Waals surface area (Å²) in [5.74, 6) is 5.78. The molecule has 0 aliphatic carbocycles. The van der Waals surface area contributed by atoms with Crippen LogP contribution in [0.5, 0.6) is 0 Å². The molecule has 0 aromatic heterocycles. The van der Waals surface area contributed by atoms with E-state index in [4.69, 9.17) is 11.3 Å². The zero-order valence-corrected chi connectivity index (χ0v) is 13.3. The molecule has 0 bridgehead atoms. The van der Waals surface area contributed by atoms with Gasteiger partial charge in [0.1, 0.15) is 5.84 Å². The monoisotopic (exact) mass is 316 g/mol. The van der Waals surface area contributed by atoms with Crippen molar-refractivity contribution in [2.24, 2.45) is 5.84 Å². The molecule has 24 heavy (non-hydrogen) atoms. The third-order valence-corrected chi connectivity index (χ3v) is 3.85. The molecule has 0 aliphatic rings. The summed E-state index contributed by atoms with van der Waals surface area (Å²) in [7, 11) is 0. The SMILES string of the molecule is N=C(NCc1ccc(-c2ccccc2)cc1)c1cccc(NN)c1. The fourth-order valence-corrected chi connectivity index (χ4v) is 2.50. The minimum absolute atomic E-state index is 0.374. The summed E-state index contributed by atoms with van der Waals surface area (Å²) in [6.07, 6.45) is 0. The third kappa shape index (κ3) is 3.80. The molecule has 4 nitrogen and oxygen atoms in total. The number of benzene rings is 3. The lowest BCUT2D eigenvalue weighted by Gasteiger charge is -2.10. The second-order valence-electron chi connectivity index (χ2n) is 5.52. The average Bonchev–Trinajstić information content (AvgIpc) is 2.67. The van der Waals surface area contributed by atoms with Crippen molar-refractivity contribution in [2.45, 2.75) is 6.54 Å². The molecular formula is C20H20N4. The summed E-state index contributed by atoms with van der Waals surface area (Å²) in [6, 6.07) is 26.1. The van der Waals surface area contributed by atoms with Crippen LogP contribution in [0, 0.1) is 5.41 Å². The fourth-order valence-electron chi connectivity index (χ4n) is 2.50. The Hall–Kier alpha value is -3.11. The van der Waals surface area contributed by atoms with Crippen molar-refractivity contribution in [3.8, 4) is 11.1 Å². The third-order valence-electron chi connectivity index (χ3n) is 3.85. The Morgan fingerprint density at radius 1 is 0.833 bits per heavy atom. The zero-order valence-electron chi connectivity index (χ0n) is 13.3. The Balaban J connectivity index is 1.63. The van der Waals surface area contributed by atoms with E-state index in [0.29, 0.717) is 12.4 Å². The smallest absolute Gasteiger partial charge is 0.125 e. The lowest BCUT2D eigenvalue weighted by Crippen LogP contribution is -2.23. The number of nitrogens with one attached hydrogen (secondary N) is 3. The number of amidine groups is 1. The Labute approximate surface area is 141 Å². The zero-order chi connectivity index (χ0) is 16.8. The Morgan fingerprint density at radius 2 is 1.54 bits per heavy atom. The predicted octanol–water partition coefficient (Wildman–Crippen LogP) is 3.75. The molecule has 0 fully saturated rings. The lowest BCUT2D eigenvalue weighted by atomic mass is 10.0. The van der Waals surface area contributed by atoms with Crippen molar-refractivity contribution in [3.63, 3.8) is 0 Å². The van der Waals surface area contributed by atoms with Crippen molar-refractivity contribution in [3.05, 3.63) is 90.0 Å². The predicted molar refractivity (Wildman–Crippen MR) is 99.8 cm³/mol. The van der Waals surface area contributed by atoms with Crippen LogP contribution in [-0.2, 0) is 6.54 Å². The molecule has 0 saturated carbocycles. The average molecular weight is 316 g/mol. The largest absolute Gasteiger partial charge is 0.366 e. The molecular weight excluding hydrogens is 296 g/mol. The van der Waals surface area contributed by atoms with Crippen LogP contribution < -0.4 is 16.6 Å². The maximum absolute atomic E-state index is 8.15. The maximum Gasteiger partial charge on any atom is 0.125 e. The van der Waals surface area contributed by atoms with Crippen LogP contribution >= 0.6 is 0 Å². The molecule has 120 valence electrons. The molecule has 5 N–H and O–H groups in total. The number of hydrazine groups is 1. The summed E-state index contributed by atoms with van der Waals surface area (Å²) in [5, 5.41) is 11.3. The fraction of sp³-hybridized carbons (Fsp3) is 0.0500. The van der Waals surface area contributed by atoms with Crippen LogP contribution in [-0.4, -0.2) is 5.84 Å². The highest BCUT2D eigenvalue weighted by molar-refractivity contribution is 5.97. The lowest BCUT2D eigenvalue weighted by molar-refractivity contribution is 0.908. The van der Waals surface area contributed by atoms with Gasteiger partial charge in [0.2, 0.25) is 0 Å². The molecule has 0 unspecified atom stereocenters. The first-order valence-corrected chi connectivity index (χ1v) is 7.80. The Bertz CT molecular complexity index is 811. The summed E-state index contributed by atoms with van der Waals surface area (Å²) >= 11 is 0. The molecule has 4 heteroatoms. The number of anilines is 1. The molecule has 0 spiro atoms. The summed E-state index contributed by atoms with van der Waals surface area (Å²) in [4.78, 5) is 0. The van der Waals surface area contributed by atoms with Gasteiger partial charge in [0.15, 0.2) is 0 Å². The van der Waals surface area contributed by atoms with Gasteiger partial charge in [-0.1, -0.05) is 66.7 Å². The van der Waals surface area contributed by atoms with Gasteiger partial charge in [-0.05, 0) is 28.8 Å². The van der Waals surface area contributed by atoms with Crippen molar-refractivity contribution in [1.82, 2.24) is 5.32 Å². The van der Waals surface area contributed by atoms with E-state index >= 15 is 0 Å². The number of nitrogens with two attached hydrogens (primary N) is 1. The highest BCUT2D eigenvalue weighted by Gasteiger charge is 2.03. The molecule has 0 amide bonds. The molecule has 0 saturated heterocycles. The van der Waals surface area contributed by atoms with E-state index in [1.807, 2.05) is 42.5 Å². The van der Waals surface area contributed by atoms with Crippen LogP contribution in [0.4, 0.5) is 5.69 Å². The second kappa shape index (κ2) is 7.44. The normalized spacial score (nSPS) is 10.2. The van der Waals surface area contributed by atoms with Gasteiger partial charge in [-0.25, -0.2) is 0 Å². The molecule has 3 aromatic carbocycles. The summed E-state index contributed by atoms with van der Waals surface area (Å²) in [6.45, 7) is 0.605. The van der Waals surface area contributed by atoms with Crippen LogP contribution in [0.1, 0.15) is 11.1 Å². The quantitative estimate of drug-likeness (QED) is 0.251. The molecule has 0 atom stereocenters. The highest BCUT2D eigenvalue weighted by Crippen LogP contribution is 2.19. The van der Waals surface area contributed by atoms with E-state index in [1.54, 1.807) is 0 Å². The summed E-state index contributed by atoms with van der Waals surface area (Å²) < 4.78 is 0. The molecule has 0 aliphatic heterocycles. The minimum atomic E-state index is 0.374. The van der Waals surface area contributed by atoms with Gasteiger partial charge in [-0.2, -0.15) is 0 Å².